The van der Waals surface area contributed by atoms with Crippen molar-refractivity contribution < 1.29 is 20.1 Å². The zero-order valence-corrected chi connectivity index (χ0v) is 45.4. The molecule has 358 valence electrons. The molecular weight excluding hydrogens is 1170 g/mol. The van der Waals surface area contributed by atoms with E-state index in [1.165, 1.54) is 103 Å². The van der Waals surface area contributed by atoms with Crippen LogP contribution in [0.2, 0.25) is 0 Å². The van der Waals surface area contributed by atoms with E-state index < -0.39 is 14.2 Å². The van der Waals surface area contributed by atoms with Crippen molar-refractivity contribution in [2.75, 3.05) is 0 Å². The molecular formula is C66H43B2Br2IO4. The van der Waals surface area contributed by atoms with Gasteiger partial charge in [-0.3, -0.25) is 0 Å². The van der Waals surface area contributed by atoms with E-state index in [0.717, 1.165) is 30.8 Å². The lowest BCUT2D eigenvalue weighted by Gasteiger charge is -2.10. The molecule has 75 heavy (non-hydrogen) atoms. The summed E-state index contributed by atoms with van der Waals surface area (Å²) in [5, 5.41) is 44.9. The summed E-state index contributed by atoms with van der Waals surface area (Å²) in [5.74, 6) is 0. The maximum Gasteiger partial charge on any atom is 0.489 e. The van der Waals surface area contributed by atoms with E-state index in [1.54, 1.807) is 18.2 Å². The van der Waals surface area contributed by atoms with Crippen molar-refractivity contribution in [2.45, 2.75) is 0 Å². The molecule has 0 spiro atoms. The Hall–Kier alpha value is -6.92. The van der Waals surface area contributed by atoms with Gasteiger partial charge in [-0.05, 0) is 191 Å². The van der Waals surface area contributed by atoms with Crippen molar-refractivity contribution in [2.24, 2.45) is 0 Å². The van der Waals surface area contributed by atoms with Gasteiger partial charge in [0.25, 0.3) is 0 Å². The predicted octanol–water partition coefficient (Wildman–Crippen LogP) is 16.0. The molecule has 4 N–H and O–H groups in total. The lowest BCUT2D eigenvalue weighted by Crippen LogP contribution is -2.30. The molecule has 15 rings (SSSR count). The second-order valence-electron chi connectivity index (χ2n) is 18.7. The van der Waals surface area contributed by atoms with Gasteiger partial charge in [-0.1, -0.05) is 232 Å². The Balaban J connectivity index is 0.000000107. The van der Waals surface area contributed by atoms with Crippen LogP contribution in [0.15, 0.2) is 246 Å². The Morgan fingerprint density at radius 3 is 0.947 bits per heavy atom. The first-order valence-corrected chi connectivity index (χ1v) is 27.3. The molecule has 0 aromatic heterocycles. The highest BCUT2D eigenvalue weighted by molar-refractivity contribution is 14.1. The van der Waals surface area contributed by atoms with Crippen LogP contribution in [0.1, 0.15) is 0 Å². The minimum atomic E-state index is -1.44. The highest BCUT2D eigenvalue weighted by Gasteiger charge is 2.26. The minimum Gasteiger partial charge on any atom is -0.423 e. The third kappa shape index (κ3) is 9.06. The number of hydrogen-bond acceptors (Lipinski definition) is 4. The molecule has 0 unspecified atom stereocenters. The van der Waals surface area contributed by atoms with Crippen LogP contribution < -0.4 is 10.9 Å². The average molecular weight is 1210 g/mol. The van der Waals surface area contributed by atoms with Crippen molar-refractivity contribution in [1.29, 1.82) is 0 Å². The summed E-state index contributed by atoms with van der Waals surface area (Å²) in [6.07, 6.45) is 0. The zero-order chi connectivity index (χ0) is 51.3. The van der Waals surface area contributed by atoms with Crippen molar-refractivity contribution in [3.63, 3.8) is 0 Å². The molecule has 12 aromatic carbocycles. The highest BCUT2D eigenvalue weighted by Crippen LogP contribution is 2.51. The van der Waals surface area contributed by atoms with Crippen LogP contribution in [0.4, 0.5) is 0 Å². The van der Waals surface area contributed by atoms with Crippen molar-refractivity contribution in [3.8, 4) is 89.0 Å². The largest absolute Gasteiger partial charge is 0.489 e. The Labute approximate surface area is 466 Å². The van der Waals surface area contributed by atoms with Crippen LogP contribution in [0.3, 0.4) is 0 Å². The molecule has 0 amide bonds. The fraction of sp³-hybridized carbons (Fsp3) is 0. The fourth-order valence-corrected chi connectivity index (χ4v) is 12.0. The quantitative estimate of drug-likeness (QED) is 0.105. The summed E-state index contributed by atoms with van der Waals surface area (Å²) < 4.78 is 3.52. The number of halogens is 3. The third-order valence-corrected chi connectivity index (χ3v) is 16.2. The summed E-state index contributed by atoms with van der Waals surface area (Å²) in [5.41, 5.74) is 21.2. The molecule has 0 saturated carbocycles. The normalized spacial score (nSPS) is 11.4. The van der Waals surface area contributed by atoms with Gasteiger partial charge in [0.15, 0.2) is 0 Å². The van der Waals surface area contributed by atoms with Crippen molar-refractivity contribution in [1.82, 2.24) is 0 Å². The summed E-state index contributed by atoms with van der Waals surface area (Å²) in [6.45, 7) is 0. The Bertz CT molecular complexity index is 4050. The molecule has 9 heteroatoms. The van der Waals surface area contributed by atoms with Crippen molar-refractivity contribution in [3.05, 3.63) is 249 Å². The average Bonchev–Trinajstić information content (AvgIpc) is 4.15. The maximum absolute atomic E-state index is 9.50. The Morgan fingerprint density at radius 1 is 0.267 bits per heavy atom. The van der Waals surface area contributed by atoms with Crippen LogP contribution in [0.5, 0.6) is 0 Å². The van der Waals surface area contributed by atoms with E-state index in [0.29, 0.717) is 10.9 Å². The van der Waals surface area contributed by atoms with Gasteiger partial charge in [0.1, 0.15) is 0 Å². The van der Waals surface area contributed by atoms with Gasteiger partial charge in [-0.25, -0.2) is 0 Å². The van der Waals surface area contributed by atoms with Crippen LogP contribution in [0, 0.1) is 3.57 Å². The smallest absolute Gasteiger partial charge is 0.423 e. The molecule has 3 aliphatic carbocycles. The molecule has 0 atom stereocenters. The molecule has 0 heterocycles. The van der Waals surface area contributed by atoms with Crippen LogP contribution in [-0.2, 0) is 0 Å². The molecule has 4 nitrogen and oxygen atoms in total. The second kappa shape index (κ2) is 20.7. The first-order valence-electron chi connectivity index (χ1n) is 24.6. The number of benzene rings is 12. The molecule has 3 aliphatic rings. The SMILES string of the molecule is Brc1ccc(-c2ccc3c4c(cccc24)-c2ccccc2-3)cc1.Brc1ccc(I)cc1.OB(O)c1ccc(-c2ccc3c4c(cccc24)-c2ccccc2-3)cc1.OB(O)c1ccc2c3c(cccc13)-c1ccccc1-2. The highest BCUT2D eigenvalue weighted by atomic mass is 127. The molecule has 12 aromatic rings. The fourth-order valence-electron chi connectivity index (χ4n) is 11.1. The van der Waals surface area contributed by atoms with Gasteiger partial charge in [0.2, 0.25) is 0 Å². The number of rotatable bonds is 4. The molecule has 0 radical (unpaired) electrons. The first-order chi connectivity index (χ1) is 36.6. The summed E-state index contributed by atoms with van der Waals surface area (Å²) in [6, 6.07) is 81.5. The first kappa shape index (κ1) is 49.0. The van der Waals surface area contributed by atoms with E-state index >= 15 is 0 Å². The molecule has 0 aliphatic heterocycles. The van der Waals surface area contributed by atoms with E-state index in [-0.39, 0.29) is 0 Å². The van der Waals surface area contributed by atoms with Crippen LogP contribution in [0.25, 0.3) is 121 Å². The van der Waals surface area contributed by atoms with E-state index in [4.69, 9.17) is 0 Å². The second-order valence-corrected chi connectivity index (χ2v) is 21.7. The lowest BCUT2D eigenvalue weighted by molar-refractivity contribution is 0.424. The van der Waals surface area contributed by atoms with E-state index in [1.807, 2.05) is 54.6 Å². The molecule has 0 fully saturated rings. The van der Waals surface area contributed by atoms with Crippen LogP contribution in [-0.4, -0.2) is 34.3 Å². The molecule has 0 bridgehead atoms. The van der Waals surface area contributed by atoms with Gasteiger partial charge in [0, 0.05) is 12.5 Å². The van der Waals surface area contributed by atoms with E-state index in [9.17, 15) is 20.1 Å². The summed E-state index contributed by atoms with van der Waals surface area (Å²) in [4.78, 5) is 0. The summed E-state index contributed by atoms with van der Waals surface area (Å²) >= 11 is 9.14. The third-order valence-electron chi connectivity index (χ3n) is 14.4. The Morgan fingerprint density at radius 2 is 0.573 bits per heavy atom. The number of hydrogen-bond donors (Lipinski definition) is 4. The van der Waals surface area contributed by atoms with Crippen LogP contribution >= 0.6 is 54.5 Å². The molecule has 0 saturated heterocycles. The van der Waals surface area contributed by atoms with Gasteiger partial charge in [0.05, 0.1) is 0 Å². The zero-order valence-electron chi connectivity index (χ0n) is 40.1. The predicted molar refractivity (Wildman–Crippen MR) is 330 cm³/mol. The monoisotopic (exact) mass is 1210 g/mol. The van der Waals surface area contributed by atoms with Gasteiger partial charge >= 0.3 is 14.2 Å². The van der Waals surface area contributed by atoms with Gasteiger partial charge in [-0.2, -0.15) is 0 Å². The maximum atomic E-state index is 9.50. The topological polar surface area (TPSA) is 80.9 Å². The standard InChI is InChI=1S/C22H15BO2.C22H13Br.C16H11BO2.C6H4BrI/c24-23(25)15-10-8-14(9-11-15)16-12-13-21-18-5-2-1-4-17(18)20-7-3-6-19(16)22(20)21;23-15-10-8-14(9-11-15)16-12-13-21-18-5-2-1-4-17(18)20-7-3-6-19(16)22(20)21;18-17(19)15-9-8-13-11-5-2-1-4-10(11)12-6-3-7-14(15)16(12)13;7-5-1-3-6(8)4-2-5/h1-13,24-25H;1-13H;1-9,18-19H;1-4H. The summed E-state index contributed by atoms with van der Waals surface area (Å²) in [7, 11) is -2.87. The van der Waals surface area contributed by atoms with Gasteiger partial charge < -0.3 is 20.1 Å². The number of fused-ring (bicyclic) bond motifs is 9. The Kier molecular flexibility index (Phi) is 13.5. The minimum absolute atomic E-state index is 0.502. The van der Waals surface area contributed by atoms with Gasteiger partial charge in [-0.15, -0.1) is 0 Å². The lowest BCUT2D eigenvalue weighted by atomic mass is 9.76. The van der Waals surface area contributed by atoms with E-state index in [2.05, 4.69) is 218 Å². The van der Waals surface area contributed by atoms with Crippen molar-refractivity contribution >= 4 is 112 Å².